The first-order valence-electron chi connectivity index (χ1n) is 9.45. The van der Waals surface area contributed by atoms with E-state index in [9.17, 15) is 14.9 Å². The molecule has 1 aliphatic rings. The van der Waals surface area contributed by atoms with Crippen molar-refractivity contribution < 1.29 is 9.59 Å². The largest absolute Gasteiger partial charge is 0.348 e. The van der Waals surface area contributed by atoms with E-state index >= 15 is 0 Å². The second kappa shape index (κ2) is 8.58. The summed E-state index contributed by atoms with van der Waals surface area (Å²) >= 11 is 1.46. The average Bonchev–Trinajstić information content (AvgIpc) is 2.92. The summed E-state index contributed by atoms with van der Waals surface area (Å²) in [5, 5.41) is 15.1. The van der Waals surface area contributed by atoms with Crippen LogP contribution in [0.5, 0.6) is 0 Å². The zero-order chi connectivity index (χ0) is 21.1. The lowest BCUT2D eigenvalue weighted by Crippen LogP contribution is -2.19. The van der Waals surface area contributed by atoms with E-state index in [2.05, 4.69) is 29.0 Å². The minimum absolute atomic E-state index is 0.0333. The monoisotopic (exact) mass is 408 g/mol. The lowest BCUT2D eigenvalue weighted by atomic mass is 10.1. The summed E-state index contributed by atoms with van der Waals surface area (Å²) in [4.78, 5) is 25.2. The van der Waals surface area contributed by atoms with E-state index < -0.39 is 5.91 Å². The minimum Gasteiger partial charge on any atom is -0.348 e. The molecule has 0 fully saturated rings. The Labute approximate surface area is 175 Å². The van der Waals surface area contributed by atoms with Crippen molar-refractivity contribution in [2.45, 2.75) is 39.1 Å². The first-order valence-corrected chi connectivity index (χ1v) is 10.4. The standard InChI is InChI=1S/C22H24N4O2S/c1-13(2)11-26-14(3)7-16(15(26)4)8-17(10-23)22(28)24-18-5-6-20-19(9-18)25-21(27)12-29-20/h5-9,13H,11-12H2,1-4H3,(H,24,28)(H,25,27)/b17-8+. The highest BCUT2D eigenvalue weighted by Gasteiger charge is 2.17. The number of amides is 2. The maximum absolute atomic E-state index is 12.7. The number of hydrogen-bond donors (Lipinski definition) is 2. The van der Waals surface area contributed by atoms with E-state index in [-0.39, 0.29) is 11.5 Å². The summed E-state index contributed by atoms with van der Waals surface area (Å²) in [6, 6.07) is 9.33. The average molecular weight is 409 g/mol. The Hall–Kier alpha value is -2.98. The van der Waals surface area contributed by atoms with Gasteiger partial charge < -0.3 is 15.2 Å². The van der Waals surface area contributed by atoms with Gasteiger partial charge in [0.05, 0.1) is 11.4 Å². The van der Waals surface area contributed by atoms with Crippen molar-refractivity contribution in [3.8, 4) is 6.07 Å². The van der Waals surface area contributed by atoms with Crippen molar-refractivity contribution in [1.29, 1.82) is 5.26 Å². The Morgan fingerprint density at radius 3 is 2.83 bits per heavy atom. The Kier molecular flexibility index (Phi) is 6.14. The highest BCUT2D eigenvalue weighted by molar-refractivity contribution is 8.00. The fourth-order valence-corrected chi connectivity index (χ4v) is 4.07. The Morgan fingerprint density at radius 1 is 1.38 bits per heavy atom. The van der Waals surface area contributed by atoms with Gasteiger partial charge in [0.2, 0.25) is 5.91 Å². The van der Waals surface area contributed by atoms with Gasteiger partial charge in [-0.05, 0) is 55.7 Å². The molecule has 0 saturated heterocycles. The molecular weight excluding hydrogens is 384 g/mol. The number of anilines is 2. The van der Waals surface area contributed by atoms with Gasteiger partial charge in [-0.25, -0.2) is 0 Å². The van der Waals surface area contributed by atoms with Gasteiger partial charge in [-0.15, -0.1) is 11.8 Å². The molecule has 1 aromatic heterocycles. The third-order valence-electron chi connectivity index (χ3n) is 4.70. The number of fused-ring (bicyclic) bond motifs is 1. The maximum Gasteiger partial charge on any atom is 0.266 e. The maximum atomic E-state index is 12.7. The predicted octanol–water partition coefficient (Wildman–Crippen LogP) is 4.35. The molecule has 3 rings (SSSR count). The molecule has 0 spiro atoms. The molecule has 2 heterocycles. The van der Waals surface area contributed by atoms with Crippen LogP contribution in [0.25, 0.3) is 6.08 Å². The van der Waals surface area contributed by atoms with Crippen molar-refractivity contribution in [3.05, 3.63) is 46.8 Å². The van der Waals surface area contributed by atoms with Crippen LogP contribution in [-0.2, 0) is 16.1 Å². The SMILES string of the molecule is Cc1cc(/C=C(\C#N)C(=O)Nc2ccc3c(c2)NC(=O)CS3)c(C)n1CC(C)C. The molecule has 0 atom stereocenters. The number of thioether (sulfide) groups is 1. The zero-order valence-corrected chi connectivity index (χ0v) is 17.8. The summed E-state index contributed by atoms with van der Waals surface area (Å²) in [6.45, 7) is 9.22. The molecule has 0 bridgehead atoms. The lowest BCUT2D eigenvalue weighted by molar-refractivity contribution is -0.114. The van der Waals surface area contributed by atoms with E-state index in [4.69, 9.17) is 0 Å². The number of benzene rings is 1. The van der Waals surface area contributed by atoms with E-state index in [0.717, 1.165) is 28.4 Å². The van der Waals surface area contributed by atoms with Gasteiger partial charge in [-0.2, -0.15) is 5.26 Å². The van der Waals surface area contributed by atoms with Crippen LogP contribution in [0.1, 0.15) is 30.8 Å². The van der Waals surface area contributed by atoms with Gasteiger partial charge in [-0.3, -0.25) is 9.59 Å². The molecule has 0 unspecified atom stereocenters. The van der Waals surface area contributed by atoms with Gasteiger partial charge in [0, 0.05) is 28.5 Å². The molecule has 2 N–H and O–H groups in total. The molecule has 150 valence electrons. The molecule has 29 heavy (non-hydrogen) atoms. The number of nitrogens with one attached hydrogen (secondary N) is 2. The number of carbonyl (C=O) groups excluding carboxylic acids is 2. The number of rotatable bonds is 5. The molecule has 0 saturated carbocycles. The molecule has 0 aliphatic carbocycles. The van der Waals surface area contributed by atoms with E-state index in [0.29, 0.717) is 23.0 Å². The number of nitriles is 1. The second-order valence-electron chi connectivity index (χ2n) is 7.50. The van der Waals surface area contributed by atoms with E-state index in [1.165, 1.54) is 11.8 Å². The Morgan fingerprint density at radius 2 is 2.14 bits per heavy atom. The van der Waals surface area contributed by atoms with Crippen LogP contribution in [0.2, 0.25) is 0 Å². The number of nitrogens with zero attached hydrogens (tertiary/aromatic N) is 2. The number of aromatic nitrogens is 1. The summed E-state index contributed by atoms with van der Waals surface area (Å²) < 4.78 is 2.20. The van der Waals surface area contributed by atoms with Crippen LogP contribution in [0.4, 0.5) is 11.4 Å². The van der Waals surface area contributed by atoms with Gasteiger partial charge >= 0.3 is 0 Å². The number of aryl methyl sites for hydroxylation is 1. The lowest BCUT2D eigenvalue weighted by Gasteiger charge is -2.17. The summed E-state index contributed by atoms with van der Waals surface area (Å²) in [6.07, 6.45) is 1.63. The van der Waals surface area contributed by atoms with E-state index in [1.54, 1.807) is 18.2 Å². The fraction of sp³-hybridized carbons (Fsp3) is 0.318. The van der Waals surface area contributed by atoms with Crippen molar-refractivity contribution >= 4 is 41.0 Å². The zero-order valence-electron chi connectivity index (χ0n) is 17.0. The van der Waals surface area contributed by atoms with Crippen molar-refractivity contribution in [3.63, 3.8) is 0 Å². The molecule has 1 aromatic carbocycles. The molecular formula is C22H24N4O2S. The second-order valence-corrected chi connectivity index (χ2v) is 8.52. The summed E-state index contributed by atoms with van der Waals surface area (Å²) in [5.74, 6) is 0.337. The van der Waals surface area contributed by atoms with Crippen molar-refractivity contribution in [2.75, 3.05) is 16.4 Å². The quantitative estimate of drug-likeness (QED) is 0.569. The fourth-order valence-electron chi connectivity index (χ4n) is 3.28. The molecule has 2 aromatic rings. The normalized spacial score (nSPS) is 13.7. The number of carbonyl (C=O) groups is 2. The molecule has 2 amide bonds. The molecule has 0 radical (unpaired) electrons. The van der Waals surface area contributed by atoms with Crippen LogP contribution in [-0.4, -0.2) is 22.1 Å². The van der Waals surface area contributed by atoms with Gasteiger partial charge in [0.25, 0.3) is 5.91 Å². The predicted molar refractivity (Wildman–Crippen MR) is 117 cm³/mol. The van der Waals surface area contributed by atoms with Gasteiger partial charge in [0.1, 0.15) is 11.6 Å². The van der Waals surface area contributed by atoms with Crippen LogP contribution in [0, 0.1) is 31.1 Å². The Balaban J connectivity index is 1.82. The van der Waals surface area contributed by atoms with Gasteiger partial charge in [-0.1, -0.05) is 13.8 Å². The van der Waals surface area contributed by atoms with Crippen LogP contribution in [0.3, 0.4) is 0 Å². The highest BCUT2D eigenvalue weighted by atomic mass is 32.2. The van der Waals surface area contributed by atoms with Gasteiger partial charge in [0.15, 0.2) is 0 Å². The first-order chi connectivity index (χ1) is 13.8. The third-order valence-corrected chi connectivity index (χ3v) is 5.77. The first kappa shape index (κ1) is 20.7. The smallest absolute Gasteiger partial charge is 0.266 e. The van der Waals surface area contributed by atoms with Crippen LogP contribution < -0.4 is 10.6 Å². The van der Waals surface area contributed by atoms with Crippen molar-refractivity contribution in [1.82, 2.24) is 4.57 Å². The Bertz CT molecular complexity index is 1040. The highest BCUT2D eigenvalue weighted by Crippen LogP contribution is 2.33. The minimum atomic E-state index is -0.476. The summed E-state index contributed by atoms with van der Waals surface area (Å²) in [5.41, 5.74) is 4.23. The molecule has 6 nitrogen and oxygen atoms in total. The topological polar surface area (TPSA) is 86.9 Å². The third kappa shape index (κ3) is 4.72. The van der Waals surface area contributed by atoms with Crippen molar-refractivity contribution in [2.24, 2.45) is 5.92 Å². The summed E-state index contributed by atoms with van der Waals surface area (Å²) in [7, 11) is 0. The van der Waals surface area contributed by atoms with Crippen LogP contribution >= 0.6 is 11.8 Å². The van der Waals surface area contributed by atoms with Crippen LogP contribution in [0.15, 0.2) is 34.7 Å². The van der Waals surface area contributed by atoms with E-state index in [1.807, 2.05) is 32.0 Å². The molecule has 1 aliphatic heterocycles. The number of hydrogen-bond acceptors (Lipinski definition) is 4. The molecule has 7 heteroatoms.